The largest absolute Gasteiger partial charge is 0.333 e. The van der Waals surface area contributed by atoms with Gasteiger partial charge in [0, 0.05) is 12.3 Å². The molecule has 0 aliphatic heterocycles. The number of aromatic nitrogens is 2. The fourth-order valence-corrected chi connectivity index (χ4v) is 3.36. The molecule has 3 nitrogen and oxygen atoms in total. The summed E-state index contributed by atoms with van der Waals surface area (Å²) in [7, 11) is 4.18. The molecular formula is C18H23Cl2N3S. The van der Waals surface area contributed by atoms with Crippen molar-refractivity contribution in [1.29, 1.82) is 0 Å². The van der Waals surface area contributed by atoms with Gasteiger partial charge >= 0.3 is 0 Å². The molecule has 24 heavy (non-hydrogen) atoms. The van der Waals surface area contributed by atoms with Crippen molar-refractivity contribution >= 4 is 47.6 Å². The topological polar surface area (TPSA) is 31.9 Å². The number of fused-ring (bicyclic) bond motifs is 1. The Kier molecular flexibility index (Phi) is 8.63. The third-order valence-electron chi connectivity index (χ3n) is 3.55. The number of rotatable bonds is 6. The predicted molar refractivity (Wildman–Crippen MR) is 109 cm³/mol. The first kappa shape index (κ1) is 20.8. The average Bonchev–Trinajstić information content (AvgIpc) is 2.90. The molecule has 0 saturated heterocycles. The van der Waals surface area contributed by atoms with E-state index >= 15 is 0 Å². The summed E-state index contributed by atoms with van der Waals surface area (Å²) in [5, 5.41) is 1.01. The SMILES string of the molecule is CN(C)CCSc1nc2cc(Cc3ccccc3)ccc2[nH]1.Cl.Cl. The van der Waals surface area contributed by atoms with Crippen molar-refractivity contribution < 1.29 is 0 Å². The van der Waals surface area contributed by atoms with E-state index in [-0.39, 0.29) is 24.8 Å². The number of thioether (sulfide) groups is 1. The van der Waals surface area contributed by atoms with Crippen LogP contribution in [0.5, 0.6) is 0 Å². The molecule has 1 N–H and O–H groups in total. The van der Waals surface area contributed by atoms with Crippen LogP contribution >= 0.6 is 36.6 Å². The van der Waals surface area contributed by atoms with Crippen molar-refractivity contribution in [3.05, 3.63) is 59.7 Å². The molecule has 0 bridgehead atoms. The minimum Gasteiger partial charge on any atom is -0.333 e. The lowest BCUT2D eigenvalue weighted by Crippen LogP contribution is -2.14. The Balaban J connectivity index is 0.00000144. The molecule has 0 fully saturated rings. The fourth-order valence-electron chi connectivity index (χ4n) is 2.36. The Bertz CT molecular complexity index is 744. The lowest BCUT2D eigenvalue weighted by Gasteiger charge is -2.06. The van der Waals surface area contributed by atoms with Gasteiger partial charge in [-0.3, -0.25) is 0 Å². The van der Waals surface area contributed by atoms with Crippen LogP contribution < -0.4 is 0 Å². The average molecular weight is 384 g/mol. The molecule has 6 heteroatoms. The molecule has 0 spiro atoms. The second kappa shape index (κ2) is 9.94. The number of H-pyrrole nitrogens is 1. The van der Waals surface area contributed by atoms with Crippen molar-refractivity contribution in [2.45, 2.75) is 11.6 Å². The van der Waals surface area contributed by atoms with Crippen LogP contribution in [0.4, 0.5) is 0 Å². The lowest BCUT2D eigenvalue weighted by molar-refractivity contribution is 0.437. The van der Waals surface area contributed by atoms with E-state index in [0.717, 1.165) is 34.9 Å². The highest BCUT2D eigenvalue weighted by Crippen LogP contribution is 2.21. The number of nitrogens with zero attached hydrogens (tertiary/aromatic N) is 2. The fraction of sp³-hybridized carbons (Fsp3) is 0.278. The van der Waals surface area contributed by atoms with Crippen LogP contribution in [0.1, 0.15) is 11.1 Å². The van der Waals surface area contributed by atoms with E-state index in [1.165, 1.54) is 11.1 Å². The van der Waals surface area contributed by atoms with E-state index in [1.54, 1.807) is 11.8 Å². The number of aromatic amines is 1. The monoisotopic (exact) mass is 383 g/mol. The van der Waals surface area contributed by atoms with Crippen LogP contribution in [0.2, 0.25) is 0 Å². The summed E-state index contributed by atoms with van der Waals surface area (Å²) >= 11 is 1.78. The number of hydrogen-bond acceptors (Lipinski definition) is 3. The van der Waals surface area contributed by atoms with Gasteiger partial charge < -0.3 is 9.88 Å². The number of nitrogens with one attached hydrogen (secondary N) is 1. The van der Waals surface area contributed by atoms with E-state index < -0.39 is 0 Å². The summed E-state index contributed by atoms with van der Waals surface area (Å²) in [6, 6.07) is 17.1. The van der Waals surface area contributed by atoms with Crippen molar-refractivity contribution in [3.8, 4) is 0 Å². The normalized spacial score (nSPS) is 10.5. The van der Waals surface area contributed by atoms with Crippen LogP contribution in [-0.2, 0) is 6.42 Å². The first-order chi connectivity index (χ1) is 10.7. The molecule has 3 aromatic rings. The third kappa shape index (κ3) is 5.71. The molecule has 0 unspecified atom stereocenters. The lowest BCUT2D eigenvalue weighted by atomic mass is 10.0. The van der Waals surface area contributed by atoms with Crippen LogP contribution in [0, 0.1) is 0 Å². The highest BCUT2D eigenvalue weighted by Gasteiger charge is 2.05. The van der Waals surface area contributed by atoms with Gasteiger partial charge in [0.25, 0.3) is 0 Å². The van der Waals surface area contributed by atoms with E-state index in [9.17, 15) is 0 Å². The first-order valence-corrected chi connectivity index (χ1v) is 8.49. The molecule has 0 radical (unpaired) electrons. The Hall–Kier alpha value is -1.20. The van der Waals surface area contributed by atoms with E-state index in [0.29, 0.717) is 0 Å². The molecule has 1 heterocycles. The second-order valence-corrected chi connectivity index (χ2v) is 6.79. The number of hydrogen-bond donors (Lipinski definition) is 1. The van der Waals surface area contributed by atoms with Gasteiger partial charge in [0.2, 0.25) is 0 Å². The smallest absolute Gasteiger partial charge is 0.166 e. The number of halogens is 2. The Morgan fingerprint density at radius 3 is 2.46 bits per heavy atom. The maximum absolute atomic E-state index is 4.70. The number of benzene rings is 2. The number of imidazole rings is 1. The Morgan fingerprint density at radius 2 is 1.75 bits per heavy atom. The minimum atomic E-state index is 0. The maximum Gasteiger partial charge on any atom is 0.166 e. The van der Waals surface area contributed by atoms with Crippen molar-refractivity contribution in [2.24, 2.45) is 0 Å². The van der Waals surface area contributed by atoms with Gasteiger partial charge in [-0.15, -0.1) is 24.8 Å². The summed E-state index contributed by atoms with van der Waals surface area (Å²) < 4.78 is 0. The molecular weight excluding hydrogens is 361 g/mol. The highest BCUT2D eigenvalue weighted by atomic mass is 35.5. The Labute approximate surface area is 160 Å². The molecule has 0 aliphatic carbocycles. The van der Waals surface area contributed by atoms with Gasteiger partial charge in [0.05, 0.1) is 11.0 Å². The van der Waals surface area contributed by atoms with E-state index in [2.05, 4.69) is 72.5 Å². The zero-order valence-electron chi connectivity index (χ0n) is 13.9. The van der Waals surface area contributed by atoms with Crippen molar-refractivity contribution in [1.82, 2.24) is 14.9 Å². The van der Waals surface area contributed by atoms with Crippen LogP contribution in [-0.4, -0.2) is 41.3 Å². The predicted octanol–water partition coefficient (Wildman–Crippen LogP) is 4.65. The molecule has 1 aromatic heterocycles. The van der Waals surface area contributed by atoms with Gasteiger partial charge in [-0.05, 0) is 43.8 Å². The molecule has 3 rings (SSSR count). The molecule has 0 aliphatic rings. The molecule has 0 atom stereocenters. The van der Waals surface area contributed by atoms with Crippen LogP contribution in [0.25, 0.3) is 11.0 Å². The summed E-state index contributed by atoms with van der Waals surface area (Å²) in [5.41, 5.74) is 4.80. The molecule has 130 valence electrons. The summed E-state index contributed by atoms with van der Waals surface area (Å²) in [4.78, 5) is 10.3. The second-order valence-electron chi connectivity index (χ2n) is 5.71. The van der Waals surface area contributed by atoms with Gasteiger partial charge in [-0.1, -0.05) is 48.2 Å². The molecule has 0 saturated carbocycles. The third-order valence-corrected chi connectivity index (χ3v) is 4.41. The molecule has 2 aromatic carbocycles. The summed E-state index contributed by atoms with van der Waals surface area (Å²) in [6.45, 7) is 1.06. The molecule has 0 amide bonds. The minimum absolute atomic E-state index is 0. The van der Waals surface area contributed by atoms with Gasteiger partial charge in [-0.2, -0.15) is 0 Å². The zero-order chi connectivity index (χ0) is 15.4. The standard InChI is InChI=1S/C18H21N3S.2ClH/c1-21(2)10-11-22-18-19-16-9-8-15(13-17(16)20-18)12-14-6-4-3-5-7-14;;/h3-9,13H,10-12H2,1-2H3,(H,19,20);2*1H. The van der Waals surface area contributed by atoms with Crippen molar-refractivity contribution in [2.75, 3.05) is 26.4 Å². The summed E-state index contributed by atoms with van der Waals surface area (Å²) in [5.74, 6) is 1.05. The van der Waals surface area contributed by atoms with Gasteiger partial charge in [0.1, 0.15) is 0 Å². The first-order valence-electron chi connectivity index (χ1n) is 7.51. The summed E-state index contributed by atoms with van der Waals surface area (Å²) in [6.07, 6.45) is 0.951. The van der Waals surface area contributed by atoms with Crippen LogP contribution in [0.15, 0.2) is 53.7 Å². The Morgan fingerprint density at radius 1 is 1.00 bits per heavy atom. The maximum atomic E-state index is 4.70. The van der Waals surface area contributed by atoms with Crippen LogP contribution in [0.3, 0.4) is 0 Å². The quantitative estimate of drug-likeness (QED) is 0.628. The van der Waals surface area contributed by atoms with Gasteiger partial charge in [-0.25, -0.2) is 4.98 Å². The van der Waals surface area contributed by atoms with E-state index in [4.69, 9.17) is 4.98 Å². The van der Waals surface area contributed by atoms with Crippen molar-refractivity contribution in [3.63, 3.8) is 0 Å². The zero-order valence-corrected chi connectivity index (χ0v) is 16.3. The highest BCUT2D eigenvalue weighted by molar-refractivity contribution is 7.99. The van der Waals surface area contributed by atoms with E-state index in [1.807, 2.05) is 0 Å². The van der Waals surface area contributed by atoms with Gasteiger partial charge in [0.15, 0.2) is 5.16 Å².